The van der Waals surface area contributed by atoms with Crippen LogP contribution in [-0.4, -0.2) is 17.7 Å². The molecule has 2 aromatic carbocycles. The molecule has 0 spiro atoms. The third-order valence-electron chi connectivity index (χ3n) is 4.03. The van der Waals surface area contributed by atoms with Crippen LogP contribution in [0.5, 0.6) is 5.75 Å². The number of ether oxygens (including phenoxy) is 1. The number of carbonyl (C=O) groups is 1. The Kier molecular flexibility index (Phi) is 5.43. The molecule has 0 aromatic heterocycles. The molecule has 0 aliphatic rings. The number of carboxylic acids is 1. The minimum absolute atomic E-state index is 0.513. The Morgan fingerprint density at radius 2 is 1.74 bits per heavy atom. The van der Waals surface area contributed by atoms with Gasteiger partial charge in [0, 0.05) is 5.56 Å². The molecular weight excluding hydrogens is 288 g/mol. The van der Waals surface area contributed by atoms with E-state index in [0.717, 1.165) is 16.9 Å². The largest absolute Gasteiger partial charge is 0.493 e. The molecule has 0 bridgehead atoms. The van der Waals surface area contributed by atoms with Gasteiger partial charge in [-0.1, -0.05) is 48.0 Å². The Bertz CT molecular complexity index is 657. The molecule has 1 N–H and O–H groups in total. The first-order valence-electron chi connectivity index (χ1n) is 7.92. The van der Waals surface area contributed by atoms with Crippen LogP contribution < -0.4 is 4.74 Å². The van der Waals surface area contributed by atoms with E-state index in [1.807, 2.05) is 24.3 Å². The molecule has 3 heteroatoms. The Balaban J connectivity index is 2.01. The number of rotatable bonds is 7. The second kappa shape index (κ2) is 7.32. The first kappa shape index (κ1) is 17.1. The Hall–Kier alpha value is -2.29. The van der Waals surface area contributed by atoms with Gasteiger partial charge in [0.25, 0.3) is 0 Å². The third-order valence-corrected chi connectivity index (χ3v) is 4.03. The standard InChI is InChI=1S/C20H24O3/c1-15-9-11-16(12-10-15)17-7-4-5-8-18(17)23-14-6-13-20(2,3)19(21)22/h4-5,7-12H,6,13-14H2,1-3H3,(H,21,22). The highest BCUT2D eigenvalue weighted by Gasteiger charge is 2.26. The Morgan fingerprint density at radius 3 is 2.39 bits per heavy atom. The number of carboxylic acid groups (broad SMARTS) is 1. The number of aliphatic carboxylic acids is 1. The summed E-state index contributed by atoms with van der Waals surface area (Å²) in [4.78, 5) is 11.1. The average Bonchev–Trinajstić information content (AvgIpc) is 2.53. The van der Waals surface area contributed by atoms with Crippen molar-refractivity contribution in [3.63, 3.8) is 0 Å². The van der Waals surface area contributed by atoms with E-state index >= 15 is 0 Å². The van der Waals surface area contributed by atoms with Crippen molar-refractivity contribution >= 4 is 5.97 Å². The summed E-state index contributed by atoms with van der Waals surface area (Å²) in [5, 5.41) is 9.13. The quantitative estimate of drug-likeness (QED) is 0.737. The van der Waals surface area contributed by atoms with Gasteiger partial charge in [-0.2, -0.15) is 0 Å². The molecule has 23 heavy (non-hydrogen) atoms. The summed E-state index contributed by atoms with van der Waals surface area (Å²) in [6.07, 6.45) is 1.30. The van der Waals surface area contributed by atoms with E-state index < -0.39 is 11.4 Å². The molecule has 2 aromatic rings. The predicted octanol–water partition coefficient (Wildman–Crippen LogP) is 4.93. The van der Waals surface area contributed by atoms with Crippen molar-refractivity contribution in [2.24, 2.45) is 5.41 Å². The van der Waals surface area contributed by atoms with Crippen LogP contribution in [0.15, 0.2) is 48.5 Å². The lowest BCUT2D eigenvalue weighted by molar-refractivity contribution is -0.147. The molecule has 0 unspecified atom stereocenters. The zero-order valence-electron chi connectivity index (χ0n) is 14.0. The molecule has 0 radical (unpaired) electrons. The number of benzene rings is 2. The summed E-state index contributed by atoms with van der Waals surface area (Å²) in [6.45, 7) is 6.07. The van der Waals surface area contributed by atoms with Gasteiger partial charge >= 0.3 is 5.97 Å². The van der Waals surface area contributed by atoms with Crippen LogP contribution in [0.25, 0.3) is 11.1 Å². The molecule has 2 rings (SSSR count). The van der Waals surface area contributed by atoms with Crippen LogP contribution in [0.4, 0.5) is 0 Å². The number of hydrogen-bond donors (Lipinski definition) is 1. The molecule has 0 fully saturated rings. The summed E-state index contributed by atoms with van der Waals surface area (Å²) in [5.41, 5.74) is 2.70. The van der Waals surface area contributed by atoms with Crippen molar-refractivity contribution in [2.45, 2.75) is 33.6 Å². The second-order valence-electron chi connectivity index (χ2n) is 6.50. The molecule has 0 aliphatic carbocycles. The van der Waals surface area contributed by atoms with Gasteiger partial charge in [-0.15, -0.1) is 0 Å². The van der Waals surface area contributed by atoms with Gasteiger partial charge in [-0.05, 0) is 45.2 Å². The van der Waals surface area contributed by atoms with Gasteiger partial charge in [0.1, 0.15) is 5.75 Å². The van der Waals surface area contributed by atoms with Gasteiger partial charge in [-0.3, -0.25) is 4.79 Å². The smallest absolute Gasteiger partial charge is 0.309 e. The van der Waals surface area contributed by atoms with E-state index in [0.29, 0.717) is 19.4 Å². The highest BCUT2D eigenvalue weighted by molar-refractivity contribution is 5.73. The first-order valence-corrected chi connectivity index (χ1v) is 7.92. The molecule has 3 nitrogen and oxygen atoms in total. The van der Waals surface area contributed by atoms with Crippen LogP contribution in [0.3, 0.4) is 0 Å². The number of para-hydroxylation sites is 1. The van der Waals surface area contributed by atoms with Gasteiger partial charge in [0.15, 0.2) is 0 Å². The van der Waals surface area contributed by atoms with Gasteiger partial charge in [0.2, 0.25) is 0 Å². The molecule has 122 valence electrons. The zero-order valence-corrected chi connectivity index (χ0v) is 14.0. The van der Waals surface area contributed by atoms with Crippen molar-refractivity contribution in [2.75, 3.05) is 6.61 Å². The van der Waals surface area contributed by atoms with Crippen molar-refractivity contribution < 1.29 is 14.6 Å². The summed E-state index contributed by atoms with van der Waals surface area (Å²) in [6, 6.07) is 16.3. The maximum atomic E-state index is 11.1. The molecule has 0 saturated heterocycles. The summed E-state index contributed by atoms with van der Waals surface area (Å²) in [7, 11) is 0. The maximum absolute atomic E-state index is 11.1. The normalized spacial score (nSPS) is 11.3. The molecule has 0 atom stereocenters. The predicted molar refractivity (Wildman–Crippen MR) is 92.8 cm³/mol. The number of hydrogen-bond acceptors (Lipinski definition) is 2. The Morgan fingerprint density at radius 1 is 1.09 bits per heavy atom. The van der Waals surface area contributed by atoms with E-state index in [9.17, 15) is 4.79 Å². The number of aryl methyl sites for hydroxylation is 1. The summed E-state index contributed by atoms with van der Waals surface area (Å²) >= 11 is 0. The lowest BCUT2D eigenvalue weighted by Crippen LogP contribution is -2.24. The van der Waals surface area contributed by atoms with Gasteiger partial charge in [-0.25, -0.2) is 0 Å². The zero-order chi connectivity index (χ0) is 16.9. The molecule has 0 heterocycles. The second-order valence-corrected chi connectivity index (χ2v) is 6.50. The minimum Gasteiger partial charge on any atom is -0.493 e. The fourth-order valence-corrected chi connectivity index (χ4v) is 2.37. The Labute approximate surface area is 137 Å². The summed E-state index contributed by atoms with van der Waals surface area (Å²) < 4.78 is 5.90. The van der Waals surface area contributed by atoms with E-state index in [1.165, 1.54) is 5.56 Å². The van der Waals surface area contributed by atoms with Crippen LogP contribution in [0, 0.1) is 12.3 Å². The van der Waals surface area contributed by atoms with E-state index in [-0.39, 0.29) is 0 Å². The van der Waals surface area contributed by atoms with E-state index in [4.69, 9.17) is 9.84 Å². The fourth-order valence-electron chi connectivity index (χ4n) is 2.37. The highest BCUT2D eigenvalue weighted by Crippen LogP contribution is 2.30. The van der Waals surface area contributed by atoms with Crippen molar-refractivity contribution in [1.29, 1.82) is 0 Å². The van der Waals surface area contributed by atoms with Crippen molar-refractivity contribution in [3.8, 4) is 16.9 Å². The van der Waals surface area contributed by atoms with Crippen LogP contribution in [0.1, 0.15) is 32.3 Å². The molecular formula is C20H24O3. The van der Waals surface area contributed by atoms with E-state index in [1.54, 1.807) is 13.8 Å². The third kappa shape index (κ3) is 4.59. The van der Waals surface area contributed by atoms with Crippen molar-refractivity contribution in [3.05, 3.63) is 54.1 Å². The van der Waals surface area contributed by atoms with Crippen LogP contribution in [0.2, 0.25) is 0 Å². The summed E-state index contributed by atoms with van der Waals surface area (Å²) in [5.74, 6) is 0.0713. The lowest BCUT2D eigenvalue weighted by atomic mass is 9.88. The first-order chi connectivity index (χ1) is 10.9. The van der Waals surface area contributed by atoms with Gasteiger partial charge < -0.3 is 9.84 Å². The average molecular weight is 312 g/mol. The van der Waals surface area contributed by atoms with E-state index in [2.05, 4.69) is 31.2 Å². The topological polar surface area (TPSA) is 46.5 Å². The monoisotopic (exact) mass is 312 g/mol. The molecule has 0 aliphatic heterocycles. The fraction of sp³-hybridized carbons (Fsp3) is 0.350. The molecule has 0 amide bonds. The van der Waals surface area contributed by atoms with Crippen LogP contribution >= 0.6 is 0 Å². The lowest BCUT2D eigenvalue weighted by Gasteiger charge is -2.19. The highest BCUT2D eigenvalue weighted by atomic mass is 16.5. The van der Waals surface area contributed by atoms with Gasteiger partial charge in [0.05, 0.1) is 12.0 Å². The van der Waals surface area contributed by atoms with Crippen LogP contribution in [-0.2, 0) is 4.79 Å². The van der Waals surface area contributed by atoms with Crippen molar-refractivity contribution in [1.82, 2.24) is 0 Å². The molecule has 0 saturated carbocycles. The maximum Gasteiger partial charge on any atom is 0.309 e. The SMILES string of the molecule is Cc1ccc(-c2ccccc2OCCCC(C)(C)C(=O)O)cc1. The minimum atomic E-state index is -0.766.